The Morgan fingerprint density at radius 1 is 1.41 bits per heavy atom. The molecule has 1 aromatic rings. The molecule has 1 aliphatic heterocycles. The first-order valence-electron chi connectivity index (χ1n) is 8.16. The molecule has 2 heterocycles. The fourth-order valence-corrected chi connectivity index (χ4v) is 3.13. The van der Waals surface area contributed by atoms with Crippen LogP contribution in [-0.4, -0.2) is 42.4 Å². The summed E-state index contributed by atoms with van der Waals surface area (Å²) in [5, 5.41) is 11.1. The van der Waals surface area contributed by atoms with E-state index in [0.717, 1.165) is 37.3 Å². The van der Waals surface area contributed by atoms with E-state index in [1.807, 2.05) is 25.8 Å². The van der Waals surface area contributed by atoms with E-state index in [9.17, 15) is 4.79 Å². The van der Waals surface area contributed by atoms with Crippen LogP contribution in [-0.2, 0) is 18.4 Å². The summed E-state index contributed by atoms with van der Waals surface area (Å²) in [5.41, 5.74) is 2.30. The normalized spacial score (nSPS) is 19.2. The Morgan fingerprint density at radius 3 is 2.77 bits per heavy atom. The molecule has 2 rings (SSSR count). The molecular formula is C16H29N5O. The van der Waals surface area contributed by atoms with Crippen molar-refractivity contribution < 1.29 is 4.79 Å². The molecule has 0 spiro atoms. The minimum absolute atomic E-state index is 0.0993. The summed E-state index contributed by atoms with van der Waals surface area (Å²) < 4.78 is 1.93. The second-order valence-corrected chi connectivity index (χ2v) is 6.58. The molecule has 1 amide bonds. The number of nitrogens with one attached hydrogen (secondary N) is 2. The largest absolute Gasteiger partial charge is 0.363 e. The maximum atomic E-state index is 12.1. The lowest BCUT2D eigenvalue weighted by Crippen LogP contribution is -2.42. The van der Waals surface area contributed by atoms with Crippen LogP contribution in [0.25, 0.3) is 0 Å². The molecule has 0 aliphatic carbocycles. The van der Waals surface area contributed by atoms with Crippen molar-refractivity contribution in [2.24, 2.45) is 7.05 Å². The quantitative estimate of drug-likeness (QED) is 0.862. The number of amides is 1. The highest BCUT2D eigenvalue weighted by molar-refractivity contribution is 5.81. The second-order valence-electron chi connectivity index (χ2n) is 6.58. The van der Waals surface area contributed by atoms with Crippen molar-refractivity contribution in [3.63, 3.8) is 0 Å². The smallest absolute Gasteiger partial charge is 0.237 e. The molecule has 2 N–H and O–H groups in total. The van der Waals surface area contributed by atoms with Crippen LogP contribution in [0.5, 0.6) is 0 Å². The highest BCUT2D eigenvalue weighted by Crippen LogP contribution is 2.27. The molecule has 1 fully saturated rings. The third-order valence-corrected chi connectivity index (χ3v) is 4.17. The zero-order valence-electron chi connectivity index (χ0n) is 14.4. The van der Waals surface area contributed by atoms with Gasteiger partial charge >= 0.3 is 0 Å². The van der Waals surface area contributed by atoms with E-state index >= 15 is 0 Å². The summed E-state index contributed by atoms with van der Waals surface area (Å²) in [6.45, 7) is 5.78. The molecule has 1 aromatic heterocycles. The molecule has 0 saturated carbocycles. The fraction of sp³-hybridized carbons (Fsp3) is 0.750. The van der Waals surface area contributed by atoms with Crippen LogP contribution >= 0.6 is 0 Å². The zero-order valence-corrected chi connectivity index (χ0v) is 14.4. The van der Waals surface area contributed by atoms with Crippen molar-refractivity contribution in [1.29, 1.82) is 0 Å². The molecule has 6 nitrogen and oxygen atoms in total. The van der Waals surface area contributed by atoms with Crippen LogP contribution < -0.4 is 15.5 Å². The topological polar surface area (TPSA) is 62.2 Å². The number of aryl methyl sites for hydroxylation is 1. The number of carbonyl (C=O) groups excluding carboxylic acids is 1. The van der Waals surface area contributed by atoms with E-state index in [1.165, 1.54) is 5.56 Å². The maximum absolute atomic E-state index is 12.1. The minimum atomic E-state index is -0.0993. The average molecular weight is 307 g/mol. The monoisotopic (exact) mass is 307 g/mol. The SMILES string of the molecule is CC(C)c1nn(C)c(N(C)C)c1CN[C@H]1CCCCNC1=O. The van der Waals surface area contributed by atoms with Crippen molar-refractivity contribution in [1.82, 2.24) is 20.4 Å². The molecule has 1 saturated heterocycles. The molecule has 0 bridgehead atoms. The molecule has 22 heavy (non-hydrogen) atoms. The van der Waals surface area contributed by atoms with Crippen molar-refractivity contribution in [3.05, 3.63) is 11.3 Å². The van der Waals surface area contributed by atoms with Crippen LogP contribution in [0.3, 0.4) is 0 Å². The Labute approximate surface area is 133 Å². The number of rotatable bonds is 5. The molecule has 1 aliphatic rings. The zero-order chi connectivity index (χ0) is 16.3. The Hall–Kier alpha value is -1.56. The van der Waals surface area contributed by atoms with Gasteiger partial charge < -0.3 is 15.5 Å². The Balaban J connectivity index is 2.18. The van der Waals surface area contributed by atoms with E-state index in [0.29, 0.717) is 12.5 Å². The van der Waals surface area contributed by atoms with Crippen LogP contribution in [0.4, 0.5) is 5.82 Å². The lowest BCUT2D eigenvalue weighted by Gasteiger charge is -2.19. The molecule has 0 aromatic carbocycles. The van der Waals surface area contributed by atoms with Crippen LogP contribution in [0.15, 0.2) is 0 Å². The first-order valence-corrected chi connectivity index (χ1v) is 8.16. The molecular weight excluding hydrogens is 278 g/mol. The van der Waals surface area contributed by atoms with Gasteiger partial charge in [0.25, 0.3) is 0 Å². The lowest BCUT2D eigenvalue weighted by atomic mass is 10.0. The van der Waals surface area contributed by atoms with E-state index in [1.54, 1.807) is 0 Å². The van der Waals surface area contributed by atoms with Gasteiger partial charge in [0.05, 0.1) is 11.7 Å². The Kier molecular flexibility index (Phi) is 5.45. The summed E-state index contributed by atoms with van der Waals surface area (Å²) in [5.74, 6) is 1.59. The summed E-state index contributed by atoms with van der Waals surface area (Å²) in [4.78, 5) is 14.2. The van der Waals surface area contributed by atoms with Crippen LogP contribution in [0, 0.1) is 0 Å². The summed E-state index contributed by atoms with van der Waals surface area (Å²) in [7, 11) is 6.04. The number of nitrogens with zero attached hydrogens (tertiary/aromatic N) is 3. The maximum Gasteiger partial charge on any atom is 0.237 e. The van der Waals surface area contributed by atoms with Gasteiger partial charge in [0, 0.05) is 39.8 Å². The van der Waals surface area contributed by atoms with Crippen molar-refractivity contribution in [2.45, 2.75) is 51.6 Å². The molecule has 6 heteroatoms. The van der Waals surface area contributed by atoms with E-state index in [4.69, 9.17) is 0 Å². The molecule has 124 valence electrons. The van der Waals surface area contributed by atoms with Crippen LogP contribution in [0.2, 0.25) is 0 Å². The number of hydrogen-bond acceptors (Lipinski definition) is 4. The van der Waals surface area contributed by atoms with Gasteiger partial charge in [-0.05, 0) is 25.2 Å². The van der Waals surface area contributed by atoms with Gasteiger partial charge in [-0.25, -0.2) is 0 Å². The van der Waals surface area contributed by atoms with Crippen LogP contribution in [0.1, 0.15) is 50.3 Å². The van der Waals surface area contributed by atoms with E-state index in [-0.39, 0.29) is 11.9 Å². The third-order valence-electron chi connectivity index (χ3n) is 4.17. The van der Waals surface area contributed by atoms with Gasteiger partial charge in [-0.2, -0.15) is 5.10 Å². The standard InChI is InChI=1S/C16H29N5O/c1-11(2)14-12(16(20(3)4)21(5)19-14)10-18-13-8-6-7-9-17-15(13)22/h11,13,18H,6-10H2,1-5H3,(H,17,22)/t13-/m0/s1. The minimum Gasteiger partial charge on any atom is -0.363 e. The number of hydrogen-bond donors (Lipinski definition) is 2. The van der Waals surface area contributed by atoms with Gasteiger partial charge in [0.15, 0.2) is 0 Å². The third kappa shape index (κ3) is 3.61. The predicted molar refractivity (Wildman–Crippen MR) is 89.1 cm³/mol. The first kappa shape index (κ1) is 16.8. The van der Waals surface area contributed by atoms with Gasteiger partial charge in [-0.1, -0.05) is 13.8 Å². The summed E-state index contributed by atoms with van der Waals surface area (Å²) in [6.07, 6.45) is 3.05. The van der Waals surface area contributed by atoms with Crippen molar-refractivity contribution in [3.8, 4) is 0 Å². The Morgan fingerprint density at radius 2 is 2.14 bits per heavy atom. The van der Waals surface area contributed by atoms with Gasteiger partial charge in [-0.15, -0.1) is 0 Å². The fourth-order valence-electron chi connectivity index (χ4n) is 3.13. The lowest BCUT2D eigenvalue weighted by molar-refractivity contribution is -0.122. The highest BCUT2D eigenvalue weighted by atomic mass is 16.2. The van der Waals surface area contributed by atoms with E-state index < -0.39 is 0 Å². The predicted octanol–water partition coefficient (Wildman–Crippen LogP) is 1.37. The summed E-state index contributed by atoms with van der Waals surface area (Å²) in [6, 6.07) is -0.0993. The highest BCUT2D eigenvalue weighted by Gasteiger charge is 2.24. The van der Waals surface area contributed by atoms with Gasteiger partial charge in [0.2, 0.25) is 5.91 Å². The number of anilines is 1. The first-order chi connectivity index (χ1) is 10.4. The second kappa shape index (κ2) is 7.13. The average Bonchev–Trinajstić information content (AvgIpc) is 2.64. The Bertz CT molecular complexity index is 521. The number of aromatic nitrogens is 2. The van der Waals surface area contributed by atoms with Gasteiger partial charge in [-0.3, -0.25) is 9.48 Å². The van der Waals surface area contributed by atoms with E-state index in [2.05, 4.69) is 34.5 Å². The van der Waals surface area contributed by atoms with Crippen molar-refractivity contribution >= 4 is 11.7 Å². The number of carbonyl (C=O) groups is 1. The molecule has 0 radical (unpaired) electrons. The molecule has 1 atom stereocenters. The van der Waals surface area contributed by atoms with Gasteiger partial charge in [0.1, 0.15) is 5.82 Å². The summed E-state index contributed by atoms with van der Waals surface area (Å²) >= 11 is 0. The van der Waals surface area contributed by atoms with Crippen molar-refractivity contribution in [2.75, 3.05) is 25.5 Å². The molecule has 0 unspecified atom stereocenters.